The van der Waals surface area contributed by atoms with E-state index in [1.54, 1.807) is 18.2 Å². The van der Waals surface area contributed by atoms with Crippen LogP contribution in [0.15, 0.2) is 45.5 Å². The summed E-state index contributed by atoms with van der Waals surface area (Å²) < 4.78 is 7.00. The SMILES string of the molecule is CCc1ccc2nc(NC(=O)C=Cc3ccc(Br)o3)sc2c1. The molecule has 3 aromatic rings. The summed E-state index contributed by atoms with van der Waals surface area (Å²) >= 11 is 4.69. The lowest BCUT2D eigenvalue weighted by Crippen LogP contribution is -2.07. The molecule has 0 unspecified atom stereocenters. The van der Waals surface area contributed by atoms with Crippen LogP contribution in [0.3, 0.4) is 0 Å². The van der Waals surface area contributed by atoms with Crippen LogP contribution in [-0.2, 0) is 11.2 Å². The molecule has 0 saturated carbocycles. The Kier molecular flexibility index (Phi) is 4.40. The van der Waals surface area contributed by atoms with E-state index in [0.717, 1.165) is 16.6 Å². The lowest BCUT2D eigenvalue weighted by atomic mass is 10.2. The van der Waals surface area contributed by atoms with E-state index in [9.17, 15) is 4.79 Å². The number of furan rings is 1. The number of thiazole rings is 1. The number of hydrogen-bond donors (Lipinski definition) is 1. The molecule has 1 aromatic carbocycles. The normalized spacial score (nSPS) is 11.4. The van der Waals surface area contributed by atoms with Crippen molar-refractivity contribution >= 4 is 54.6 Å². The number of carbonyl (C=O) groups excluding carboxylic acids is 1. The van der Waals surface area contributed by atoms with Gasteiger partial charge in [-0.1, -0.05) is 24.3 Å². The van der Waals surface area contributed by atoms with E-state index in [-0.39, 0.29) is 5.91 Å². The predicted molar refractivity (Wildman–Crippen MR) is 93.1 cm³/mol. The topological polar surface area (TPSA) is 55.1 Å². The molecular formula is C16H13BrN2O2S. The van der Waals surface area contributed by atoms with Crippen LogP contribution < -0.4 is 5.32 Å². The zero-order chi connectivity index (χ0) is 15.5. The van der Waals surface area contributed by atoms with Crippen molar-refractivity contribution in [1.82, 2.24) is 4.98 Å². The van der Waals surface area contributed by atoms with Gasteiger partial charge in [0, 0.05) is 6.08 Å². The first-order valence-corrected chi connectivity index (χ1v) is 8.39. The Labute approximate surface area is 140 Å². The molecular weight excluding hydrogens is 364 g/mol. The van der Waals surface area contributed by atoms with E-state index in [1.165, 1.54) is 23.0 Å². The van der Waals surface area contributed by atoms with Crippen LogP contribution in [0, 0.1) is 0 Å². The van der Waals surface area contributed by atoms with E-state index >= 15 is 0 Å². The van der Waals surface area contributed by atoms with Crippen LogP contribution in [0.2, 0.25) is 0 Å². The Morgan fingerprint density at radius 1 is 1.41 bits per heavy atom. The molecule has 0 aliphatic carbocycles. The maximum atomic E-state index is 11.9. The highest BCUT2D eigenvalue weighted by atomic mass is 79.9. The number of anilines is 1. The standard InChI is InChI=1S/C16H13BrN2O2S/c1-2-10-3-6-12-13(9-10)22-16(18-12)19-15(20)8-5-11-4-7-14(17)21-11/h3-9H,2H2,1H3,(H,18,19,20). The molecule has 4 nitrogen and oxygen atoms in total. The number of aromatic nitrogens is 1. The molecule has 112 valence electrons. The minimum absolute atomic E-state index is 0.234. The van der Waals surface area contributed by atoms with Crippen LogP contribution in [0.25, 0.3) is 16.3 Å². The van der Waals surface area contributed by atoms with Crippen molar-refractivity contribution in [3.63, 3.8) is 0 Å². The van der Waals surface area contributed by atoms with Crippen molar-refractivity contribution < 1.29 is 9.21 Å². The average molecular weight is 377 g/mol. The molecule has 0 radical (unpaired) electrons. The van der Waals surface area contributed by atoms with Crippen LogP contribution in [-0.4, -0.2) is 10.9 Å². The van der Waals surface area contributed by atoms with E-state index in [1.807, 2.05) is 6.07 Å². The zero-order valence-electron chi connectivity index (χ0n) is 11.8. The highest BCUT2D eigenvalue weighted by Gasteiger charge is 2.06. The molecule has 1 N–H and O–H groups in total. The summed E-state index contributed by atoms with van der Waals surface area (Å²) in [6.07, 6.45) is 4.02. The molecule has 0 spiro atoms. The smallest absolute Gasteiger partial charge is 0.250 e. The van der Waals surface area contributed by atoms with Crippen LogP contribution in [0.1, 0.15) is 18.2 Å². The van der Waals surface area contributed by atoms with Gasteiger partial charge in [-0.15, -0.1) is 0 Å². The van der Waals surface area contributed by atoms with E-state index in [2.05, 4.69) is 45.3 Å². The van der Waals surface area contributed by atoms with E-state index in [4.69, 9.17) is 4.42 Å². The summed E-state index contributed by atoms with van der Waals surface area (Å²) in [5, 5.41) is 3.37. The third-order valence-corrected chi connectivity index (χ3v) is 4.44. The summed E-state index contributed by atoms with van der Waals surface area (Å²) in [4.78, 5) is 16.3. The fraction of sp³-hybridized carbons (Fsp3) is 0.125. The van der Waals surface area contributed by atoms with Crippen molar-refractivity contribution in [2.45, 2.75) is 13.3 Å². The molecule has 0 saturated heterocycles. The second kappa shape index (κ2) is 6.46. The van der Waals surface area contributed by atoms with Gasteiger partial charge in [0.1, 0.15) is 5.76 Å². The fourth-order valence-corrected chi connectivity index (χ4v) is 3.22. The van der Waals surface area contributed by atoms with Crippen LogP contribution in [0.4, 0.5) is 5.13 Å². The van der Waals surface area contributed by atoms with E-state index in [0.29, 0.717) is 15.6 Å². The molecule has 2 aromatic heterocycles. The van der Waals surface area contributed by atoms with Gasteiger partial charge in [0.25, 0.3) is 0 Å². The van der Waals surface area contributed by atoms with Crippen LogP contribution in [0.5, 0.6) is 0 Å². The minimum Gasteiger partial charge on any atom is -0.450 e. The van der Waals surface area contributed by atoms with Crippen molar-refractivity contribution in [3.8, 4) is 0 Å². The first-order chi connectivity index (χ1) is 10.6. The lowest BCUT2D eigenvalue weighted by Gasteiger charge is -1.94. The number of halogens is 1. The summed E-state index contributed by atoms with van der Waals surface area (Å²) in [5.74, 6) is 0.376. The number of nitrogens with zero attached hydrogens (tertiary/aromatic N) is 1. The summed E-state index contributed by atoms with van der Waals surface area (Å²) in [7, 11) is 0. The molecule has 6 heteroatoms. The number of nitrogens with one attached hydrogen (secondary N) is 1. The number of rotatable bonds is 4. The summed E-state index contributed by atoms with van der Waals surface area (Å²) in [6.45, 7) is 2.11. The molecule has 0 bridgehead atoms. The third kappa shape index (κ3) is 3.45. The molecule has 0 fully saturated rings. The maximum Gasteiger partial charge on any atom is 0.250 e. The number of carbonyl (C=O) groups is 1. The van der Waals surface area contributed by atoms with Crippen LogP contribution >= 0.6 is 27.3 Å². The monoisotopic (exact) mass is 376 g/mol. The van der Waals surface area contributed by atoms with Gasteiger partial charge in [-0.3, -0.25) is 10.1 Å². The summed E-state index contributed by atoms with van der Waals surface area (Å²) in [6, 6.07) is 9.70. The molecule has 0 aliphatic rings. The maximum absolute atomic E-state index is 11.9. The quantitative estimate of drug-likeness (QED) is 0.661. The van der Waals surface area contributed by atoms with Crippen molar-refractivity contribution in [2.24, 2.45) is 0 Å². The molecule has 0 atom stereocenters. The van der Waals surface area contributed by atoms with Crippen molar-refractivity contribution in [1.29, 1.82) is 0 Å². The second-order valence-corrected chi connectivity index (χ2v) is 6.45. The van der Waals surface area contributed by atoms with Gasteiger partial charge in [0.15, 0.2) is 9.80 Å². The predicted octanol–water partition coefficient (Wildman–Crippen LogP) is 4.87. The zero-order valence-corrected chi connectivity index (χ0v) is 14.2. The van der Waals surface area contributed by atoms with Gasteiger partial charge < -0.3 is 4.42 Å². The number of hydrogen-bond acceptors (Lipinski definition) is 4. The minimum atomic E-state index is -0.234. The van der Waals surface area contributed by atoms with Crippen molar-refractivity contribution in [3.05, 3.63) is 52.4 Å². The molecule has 0 aliphatic heterocycles. The summed E-state index contributed by atoms with van der Waals surface area (Å²) in [5.41, 5.74) is 2.16. The average Bonchev–Trinajstić information content (AvgIpc) is 3.09. The van der Waals surface area contributed by atoms with Crippen molar-refractivity contribution in [2.75, 3.05) is 5.32 Å². The van der Waals surface area contributed by atoms with Gasteiger partial charge in [0.2, 0.25) is 5.91 Å². The highest BCUT2D eigenvalue weighted by molar-refractivity contribution is 9.10. The lowest BCUT2D eigenvalue weighted by molar-refractivity contribution is -0.111. The Bertz CT molecular complexity index is 851. The van der Waals surface area contributed by atoms with Gasteiger partial charge in [-0.25, -0.2) is 4.98 Å². The number of amides is 1. The Balaban J connectivity index is 1.72. The highest BCUT2D eigenvalue weighted by Crippen LogP contribution is 2.27. The van der Waals surface area contributed by atoms with Gasteiger partial charge in [0.05, 0.1) is 10.2 Å². The molecule has 1 amide bonds. The second-order valence-electron chi connectivity index (χ2n) is 4.64. The number of benzene rings is 1. The largest absolute Gasteiger partial charge is 0.450 e. The molecule has 3 rings (SSSR count). The molecule has 2 heterocycles. The Morgan fingerprint density at radius 2 is 2.27 bits per heavy atom. The number of fused-ring (bicyclic) bond motifs is 1. The van der Waals surface area contributed by atoms with Gasteiger partial charge in [-0.2, -0.15) is 0 Å². The fourth-order valence-electron chi connectivity index (χ4n) is 1.97. The number of aryl methyl sites for hydroxylation is 1. The third-order valence-electron chi connectivity index (χ3n) is 3.08. The van der Waals surface area contributed by atoms with Gasteiger partial charge >= 0.3 is 0 Å². The van der Waals surface area contributed by atoms with E-state index < -0.39 is 0 Å². The Morgan fingerprint density at radius 3 is 3.00 bits per heavy atom. The van der Waals surface area contributed by atoms with Gasteiger partial charge in [-0.05, 0) is 58.3 Å². The Hall–Kier alpha value is -1.92. The first-order valence-electron chi connectivity index (χ1n) is 6.78. The molecule has 22 heavy (non-hydrogen) atoms. The first kappa shape index (κ1) is 15.0.